The lowest BCUT2D eigenvalue weighted by molar-refractivity contribution is -0.126. The number of hydrogen-bond acceptors (Lipinski definition) is 5. The number of ether oxygens (including phenoxy) is 1. The number of amides is 1. The van der Waals surface area contributed by atoms with Crippen molar-refractivity contribution in [3.8, 4) is 10.6 Å². The Labute approximate surface area is 145 Å². The number of nitrogens with one attached hydrogen (secondary N) is 1. The summed E-state index contributed by atoms with van der Waals surface area (Å²) in [6.45, 7) is 2.43. The second kappa shape index (κ2) is 7.88. The summed E-state index contributed by atoms with van der Waals surface area (Å²) in [6.07, 6.45) is 1.16. The minimum Gasteiger partial charge on any atom is -0.364 e. The highest BCUT2D eigenvalue weighted by molar-refractivity contribution is 7.13. The molecule has 2 heterocycles. The number of nitrogens with two attached hydrogens (primary N) is 1. The van der Waals surface area contributed by atoms with Gasteiger partial charge in [0.05, 0.1) is 6.10 Å². The number of carbonyl (C=O) groups excluding carboxylic acids is 1. The van der Waals surface area contributed by atoms with Gasteiger partial charge in [0, 0.05) is 28.9 Å². The van der Waals surface area contributed by atoms with Crippen LogP contribution in [0.25, 0.3) is 10.6 Å². The highest BCUT2D eigenvalue weighted by atomic mass is 35.5. The van der Waals surface area contributed by atoms with Crippen molar-refractivity contribution in [2.24, 2.45) is 5.73 Å². The zero-order valence-electron chi connectivity index (χ0n) is 12.8. The fourth-order valence-corrected chi connectivity index (χ4v) is 3.31. The molecule has 1 amide bonds. The van der Waals surface area contributed by atoms with E-state index in [-0.39, 0.29) is 24.4 Å². The van der Waals surface area contributed by atoms with Crippen LogP contribution in [0, 0.1) is 6.92 Å². The van der Waals surface area contributed by atoms with Gasteiger partial charge in [0.1, 0.15) is 11.1 Å². The molecule has 7 heteroatoms. The van der Waals surface area contributed by atoms with E-state index in [1.54, 1.807) is 11.3 Å². The number of benzene rings is 1. The number of aryl methyl sites for hydroxylation is 1. The zero-order chi connectivity index (χ0) is 15.5. The van der Waals surface area contributed by atoms with Gasteiger partial charge >= 0.3 is 0 Å². The fraction of sp³-hybridized carbons (Fsp3) is 0.375. The topological polar surface area (TPSA) is 77.2 Å². The van der Waals surface area contributed by atoms with Gasteiger partial charge in [0.2, 0.25) is 0 Å². The average molecular weight is 354 g/mol. The van der Waals surface area contributed by atoms with Crippen LogP contribution in [0.5, 0.6) is 0 Å². The fourth-order valence-electron chi connectivity index (χ4n) is 2.51. The Hall–Kier alpha value is -1.47. The minimum absolute atomic E-state index is 0. The van der Waals surface area contributed by atoms with E-state index >= 15 is 0 Å². The molecule has 2 atom stereocenters. The third kappa shape index (κ3) is 4.29. The molecule has 23 heavy (non-hydrogen) atoms. The van der Waals surface area contributed by atoms with Crippen LogP contribution in [0.3, 0.4) is 0 Å². The standard InChI is InChI=1S/C16H19N3O2S.ClH/c1-10-9-22-16(18-10)11-3-2-4-12(7-11)19-15(20)14-6-5-13(8-17)21-14;/h2-4,7,9,13-14H,5-6,8,17H2,1H3,(H,19,20);1H/t13-,14+;/m1./s1. The molecule has 0 unspecified atom stereocenters. The highest BCUT2D eigenvalue weighted by Gasteiger charge is 2.29. The Bertz CT molecular complexity index is 677. The predicted octanol–water partition coefficient (Wildman–Crippen LogP) is 2.99. The first-order valence-electron chi connectivity index (χ1n) is 7.34. The molecule has 1 aromatic heterocycles. The first-order chi connectivity index (χ1) is 10.7. The van der Waals surface area contributed by atoms with Crippen LogP contribution in [-0.2, 0) is 9.53 Å². The van der Waals surface area contributed by atoms with E-state index in [0.717, 1.165) is 34.8 Å². The molecular weight excluding hydrogens is 334 g/mol. The van der Waals surface area contributed by atoms with Gasteiger partial charge in [-0.25, -0.2) is 4.98 Å². The summed E-state index contributed by atoms with van der Waals surface area (Å²) in [5.74, 6) is -0.108. The van der Waals surface area contributed by atoms with Crippen molar-refractivity contribution in [2.45, 2.75) is 32.0 Å². The molecule has 1 aliphatic rings. The van der Waals surface area contributed by atoms with E-state index in [0.29, 0.717) is 6.54 Å². The molecule has 2 aromatic rings. The largest absolute Gasteiger partial charge is 0.364 e. The van der Waals surface area contributed by atoms with Crippen molar-refractivity contribution in [1.29, 1.82) is 0 Å². The second-order valence-electron chi connectivity index (χ2n) is 5.42. The van der Waals surface area contributed by atoms with Crippen molar-refractivity contribution >= 4 is 35.3 Å². The Kier molecular flexibility index (Phi) is 6.12. The predicted molar refractivity (Wildman–Crippen MR) is 95.1 cm³/mol. The van der Waals surface area contributed by atoms with Gasteiger partial charge in [-0.15, -0.1) is 23.7 Å². The van der Waals surface area contributed by atoms with Gasteiger partial charge in [-0.3, -0.25) is 4.79 Å². The maximum absolute atomic E-state index is 12.2. The van der Waals surface area contributed by atoms with Crippen LogP contribution < -0.4 is 11.1 Å². The van der Waals surface area contributed by atoms with Gasteiger partial charge in [-0.2, -0.15) is 0 Å². The van der Waals surface area contributed by atoms with Crippen molar-refractivity contribution in [3.63, 3.8) is 0 Å². The number of hydrogen-bond donors (Lipinski definition) is 2. The first kappa shape index (κ1) is 17.9. The Balaban J connectivity index is 0.00000192. The number of anilines is 1. The molecule has 0 saturated carbocycles. The number of nitrogens with zero attached hydrogens (tertiary/aromatic N) is 1. The van der Waals surface area contributed by atoms with Gasteiger partial charge < -0.3 is 15.8 Å². The monoisotopic (exact) mass is 353 g/mol. The third-order valence-corrected chi connectivity index (χ3v) is 4.67. The molecule has 0 radical (unpaired) electrons. The van der Waals surface area contributed by atoms with E-state index in [2.05, 4.69) is 10.3 Å². The summed E-state index contributed by atoms with van der Waals surface area (Å²) in [6, 6.07) is 7.72. The van der Waals surface area contributed by atoms with Crippen LogP contribution >= 0.6 is 23.7 Å². The van der Waals surface area contributed by atoms with Crippen LogP contribution in [0.15, 0.2) is 29.6 Å². The van der Waals surface area contributed by atoms with Crippen molar-refractivity contribution < 1.29 is 9.53 Å². The third-order valence-electron chi connectivity index (χ3n) is 3.66. The Morgan fingerprint density at radius 3 is 2.96 bits per heavy atom. The van der Waals surface area contributed by atoms with E-state index in [1.807, 2.05) is 36.6 Å². The van der Waals surface area contributed by atoms with E-state index < -0.39 is 6.10 Å². The maximum Gasteiger partial charge on any atom is 0.253 e. The highest BCUT2D eigenvalue weighted by Crippen LogP contribution is 2.26. The lowest BCUT2D eigenvalue weighted by atomic mass is 10.1. The molecule has 3 N–H and O–H groups in total. The summed E-state index contributed by atoms with van der Waals surface area (Å²) >= 11 is 1.60. The average Bonchev–Trinajstić information content (AvgIpc) is 3.16. The quantitative estimate of drug-likeness (QED) is 0.885. The van der Waals surface area contributed by atoms with Gasteiger partial charge in [-0.1, -0.05) is 12.1 Å². The molecular formula is C16H20ClN3O2S. The summed E-state index contributed by atoms with van der Waals surface area (Å²) < 4.78 is 5.62. The van der Waals surface area contributed by atoms with Crippen molar-refractivity contribution in [2.75, 3.05) is 11.9 Å². The first-order valence-corrected chi connectivity index (χ1v) is 8.22. The van der Waals surface area contributed by atoms with E-state index in [4.69, 9.17) is 10.5 Å². The van der Waals surface area contributed by atoms with E-state index in [9.17, 15) is 4.79 Å². The van der Waals surface area contributed by atoms with Crippen LogP contribution in [0.4, 0.5) is 5.69 Å². The van der Waals surface area contributed by atoms with Crippen LogP contribution in [-0.4, -0.2) is 29.6 Å². The number of aromatic nitrogens is 1. The molecule has 1 aliphatic heterocycles. The Morgan fingerprint density at radius 1 is 1.48 bits per heavy atom. The molecule has 3 rings (SSSR count). The number of rotatable bonds is 4. The number of halogens is 1. The molecule has 124 valence electrons. The molecule has 5 nitrogen and oxygen atoms in total. The molecule has 1 aromatic carbocycles. The summed E-state index contributed by atoms with van der Waals surface area (Å²) in [5, 5.41) is 5.88. The van der Waals surface area contributed by atoms with Gasteiger partial charge in [0.25, 0.3) is 5.91 Å². The minimum atomic E-state index is -0.403. The van der Waals surface area contributed by atoms with Crippen LogP contribution in [0.1, 0.15) is 18.5 Å². The van der Waals surface area contributed by atoms with Crippen LogP contribution in [0.2, 0.25) is 0 Å². The Morgan fingerprint density at radius 2 is 2.30 bits per heavy atom. The number of carbonyl (C=O) groups is 1. The summed E-state index contributed by atoms with van der Waals surface area (Å²) in [5.41, 5.74) is 8.34. The SMILES string of the molecule is Cc1csc(-c2cccc(NC(=O)[C@@H]3CC[C@H](CN)O3)c2)n1.Cl. The molecule has 0 aliphatic carbocycles. The zero-order valence-corrected chi connectivity index (χ0v) is 14.5. The van der Waals surface area contributed by atoms with Gasteiger partial charge in [0.15, 0.2) is 0 Å². The lowest BCUT2D eigenvalue weighted by Gasteiger charge is -2.13. The molecule has 1 saturated heterocycles. The molecule has 0 spiro atoms. The second-order valence-corrected chi connectivity index (χ2v) is 6.28. The lowest BCUT2D eigenvalue weighted by Crippen LogP contribution is -2.29. The number of thiazole rings is 1. The molecule has 1 fully saturated rings. The van der Waals surface area contributed by atoms with Crippen molar-refractivity contribution in [1.82, 2.24) is 4.98 Å². The smallest absolute Gasteiger partial charge is 0.253 e. The normalized spacial score (nSPS) is 20.1. The van der Waals surface area contributed by atoms with Gasteiger partial charge in [-0.05, 0) is 31.9 Å². The van der Waals surface area contributed by atoms with Crippen molar-refractivity contribution in [3.05, 3.63) is 35.3 Å². The summed E-state index contributed by atoms with van der Waals surface area (Å²) in [7, 11) is 0. The molecule has 0 bridgehead atoms. The summed E-state index contributed by atoms with van der Waals surface area (Å²) in [4.78, 5) is 16.7. The maximum atomic E-state index is 12.2. The van der Waals surface area contributed by atoms with E-state index in [1.165, 1.54) is 0 Å².